The highest BCUT2D eigenvalue weighted by Crippen LogP contribution is 2.34. The van der Waals surface area contributed by atoms with E-state index in [0.717, 1.165) is 23.2 Å². The molecule has 1 unspecified atom stereocenters. The number of carbonyl (C=O) groups is 1. The SMILES string of the molecule is CC(O)c1cccc2c1CCN2C(=O)OC(C)(C)C. The Balaban J connectivity index is 2.28. The molecule has 0 fully saturated rings. The Kier molecular flexibility index (Phi) is 3.54. The summed E-state index contributed by atoms with van der Waals surface area (Å²) in [6.07, 6.45) is -0.0853. The van der Waals surface area contributed by atoms with Crippen molar-refractivity contribution in [3.8, 4) is 0 Å². The third kappa shape index (κ3) is 2.89. The summed E-state index contributed by atoms with van der Waals surface area (Å²) in [7, 11) is 0. The van der Waals surface area contributed by atoms with Crippen LogP contribution in [0.15, 0.2) is 18.2 Å². The van der Waals surface area contributed by atoms with E-state index in [2.05, 4.69) is 0 Å². The molecule has 104 valence electrons. The van der Waals surface area contributed by atoms with Crippen molar-refractivity contribution < 1.29 is 14.6 Å². The van der Waals surface area contributed by atoms with Gasteiger partial charge in [0, 0.05) is 6.54 Å². The number of amides is 1. The van der Waals surface area contributed by atoms with E-state index >= 15 is 0 Å². The van der Waals surface area contributed by atoms with Gasteiger partial charge in [0.15, 0.2) is 0 Å². The zero-order chi connectivity index (χ0) is 14.2. The molecule has 0 saturated carbocycles. The van der Waals surface area contributed by atoms with Crippen LogP contribution < -0.4 is 4.90 Å². The maximum Gasteiger partial charge on any atom is 0.414 e. The lowest BCUT2D eigenvalue weighted by Crippen LogP contribution is -2.35. The summed E-state index contributed by atoms with van der Waals surface area (Å²) in [6.45, 7) is 7.91. The summed E-state index contributed by atoms with van der Waals surface area (Å²) >= 11 is 0. The van der Waals surface area contributed by atoms with Crippen molar-refractivity contribution in [3.05, 3.63) is 29.3 Å². The minimum absolute atomic E-state index is 0.325. The standard InChI is InChI=1S/C15H21NO3/c1-10(17)11-6-5-7-13-12(11)8-9-16(13)14(18)19-15(2,3)4/h5-7,10,17H,8-9H2,1-4H3. The van der Waals surface area contributed by atoms with Gasteiger partial charge >= 0.3 is 6.09 Å². The molecule has 1 atom stereocenters. The molecule has 4 nitrogen and oxygen atoms in total. The Hall–Kier alpha value is -1.55. The number of ether oxygens (including phenoxy) is 1. The fourth-order valence-electron chi connectivity index (χ4n) is 2.36. The predicted octanol–water partition coefficient (Wildman–Crippen LogP) is 3.04. The number of anilines is 1. The van der Waals surface area contributed by atoms with Crippen LogP contribution in [-0.2, 0) is 11.2 Å². The molecule has 1 aliphatic rings. The number of hydrogen-bond donors (Lipinski definition) is 1. The monoisotopic (exact) mass is 263 g/mol. The van der Waals surface area contributed by atoms with Gasteiger partial charge in [0.25, 0.3) is 0 Å². The van der Waals surface area contributed by atoms with Crippen LogP contribution in [0.25, 0.3) is 0 Å². The lowest BCUT2D eigenvalue weighted by molar-refractivity contribution is 0.0584. The third-order valence-electron chi connectivity index (χ3n) is 3.13. The summed E-state index contributed by atoms with van der Waals surface area (Å²) in [4.78, 5) is 13.8. The van der Waals surface area contributed by atoms with Crippen molar-refractivity contribution in [2.75, 3.05) is 11.4 Å². The van der Waals surface area contributed by atoms with E-state index in [4.69, 9.17) is 4.74 Å². The van der Waals surface area contributed by atoms with Crippen LogP contribution in [0.1, 0.15) is 44.9 Å². The quantitative estimate of drug-likeness (QED) is 0.847. The molecule has 0 aromatic heterocycles. The first-order valence-corrected chi connectivity index (χ1v) is 6.60. The van der Waals surface area contributed by atoms with Gasteiger partial charge in [0.1, 0.15) is 5.60 Å². The first-order chi connectivity index (χ1) is 8.79. The van der Waals surface area contributed by atoms with Gasteiger partial charge in [-0.3, -0.25) is 4.90 Å². The molecule has 1 aliphatic heterocycles. The average Bonchev–Trinajstić information content (AvgIpc) is 2.69. The Labute approximate surface area is 114 Å². The Morgan fingerprint density at radius 2 is 2.11 bits per heavy atom. The van der Waals surface area contributed by atoms with Gasteiger partial charge in [-0.25, -0.2) is 4.79 Å². The van der Waals surface area contributed by atoms with Crippen molar-refractivity contribution in [1.82, 2.24) is 0 Å². The largest absolute Gasteiger partial charge is 0.443 e. The normalized spacial score (nSPS) is 16.2. The molecule has 0 radical (unpaired) electrons. The molecule has 0 spiro atoms. The first kappa shape index (κ1) is 13.9. The molecule has 1 aromatic carbocycles. The Bertz CT molecular complexity index is 489. The molecule has 2 rings (SSSR count). The van der Waals surface area contributed by atoms with Crippen LogP contribution in [0.4, 0.5) is 10.5 Å². The second-order valence-corrected chi connectivity index (χ2v) is 5.90. The van der Waals surface area contributed by atoms with Gasteiger partial charge < -0.3 is 9.84 Å². The molecule has 1 N–H and O–H groups in total. The number of hydrogen-bond acceptors (Lipinski definition) is 3. The number of rotatable bonds is 1. The highest BCUT2D eigenvalue weighted by atomic mass is 16.6. The molecular weight excluding hydrogens is 242 g/mol. The summed E-state index contributed by atoms with van der Waals surface area (Å²) < 4.78 is 5.40. The maximum atomic E-state index is 12.1. The highest BCUT2D eigenvalue weighted by molar-refractivity contribution is 5.90. The third-order valence-corrected chi connectivity index (χ3v) is 3.13. The van der Waals surface area contributed by atoms with Crippen molar-refractivity contribution in [2.45, 2.75) is 45.8 Å². The molecule has 0 saturated heterocycles. The molecule has 4 heteroatoms. The van der Waals surface area contributed by atoms with Gasteiger partial charge in [-0.05, 0) is 51.3 Å². The van der Waals surface area contributed by atoms with E-state index in [1.165, 1.54) is 0 Å². The van der Waals surface area contributed by atoms with E-state index < -0.39 is 11.7 Å². The molecule has 1 amide bonds. The minimum atomic E-state index is -0.520. The zero-order valence-electron chi connectivity index (χ0n) is 11.9. The van der Waals surface area contributed by atoms with E-state index in [1.54, 1.807) is 11.8 Å². The summed E-state index contributed by atoms with van der Waals surface area (Å²) in [5, 5.41) is 9.76. The van der Waals surface area contributed by atoms with Crippen molar-refractivity contribution in [1.29, 1.82) is 0 Å². The molecule has 0 bridgehead atoms. The fraction of sp³-hybridized carbons (Fsp3) is 0.533. The number of carbonyl (C=O) groups excluding carboxylic acids is 1. The van der Waals surface area contributed by atoms with Gasteiger partial charge in [-0.2, -0.15) is 0 Å². The van der Waals surface area contributed by atoms with Crippen LogP contribution in [-0.4, -0.2) is 23.3 Å². The van der Waals surface area contributed by atoms with Crippen LogP contribution >= 0.6 is 0 Å². The Morgan fingerprint density at radius 3 is 2.68 bits per heavy atom. The molecule has 1 heterocycles. The van der Waals surface area contributed by atoms with Crippen LogP contribution in [0.2, 0.25) is 0 Å². The molecule has 0 aliphatic carbocycles. The molecular formula is C15H21NO3. The van der Waals surface area contributed by atoms with Gasteiger partial charge in [0.2, 0.25) is 0 Å². The van der Waals surface area contributed by atoms with E-state index in [9.17, 15) is 9.90 Å². The van der Waals surface area contributed by atoms with Gasteiger partial charge in [-0.15, -0.1) is 0 Å². The fourth-order valence-corrected chi connectivity index (χ4v) is 2.36. The first-order valence-electron chi connectivity index (χ1n) is 6.60. The minimum Gasteiger partial charge on any atom is -0.443 e. The maximum absolute atomic E-state index is 12.1. The zero-order valence-corrected chi connectivity index (χ0v) is 11.9. The topological polar surface area (TPSA) is 49.8 Å². The second kappa shape index (κ2) is 4.85. The second-order valence-electron chi connectivity index (χ2n) is 5.90. The van der Waals surface area contributed by atoms with Crippen LogP contribution in [0.3, 0.4) is 0 Å². The van der Waals surface area contributed by atoms with Crippen molar-refractivity contribution in [2.24, 2.45) is 0 Å². The van der Waals surface area contributed by atoms with E-state index in [-0.39, 0.29) is 6.09 Å². The van der Waals surface area contributed by atoms with E-state index in [1.807, 2.05) is 39.0 Å². The number of aliphatic hydroxyl groups excluding tert-OH is 1. The number of nitrogens with zero attached hydrogens (tertiary/aromatic N) is 1. The van der Waals surface area contributed by atoms with Crippen molar-refractivity contribution in [3.63, 3.8) is 0 Å². The highest BCUT2D eigenvalue weighted by Gasteiger charge is 2.30. The van der Waals surface area contributed by atoms with Crippen molar-refractivity contribution >= 4 is 11.8 Å². The summed E-state index contributed by atoms with van der Waals surface area (Å²) in [5.74, 6) is 0. The summed E-state index contributed by atoms with van der Waals surface area (Å²) in [6, 6.07) is 5.67. The summed E-state index contributed by atoms with van der Waals surface area (Å²) in [5.41, 5.74) is 2.29. The van der Waals surface area contributed by atoms with E-state index in [0.29, 0.717) is 6.54 Å². The number of benzene rings is 1. The lowest BCUT2D eigenvalue weighted by atomic mass is 10.0. The molecule has 1 aromatic rings. The smallest absolute Gasteiger partial charge is 0.414 e. The van der Waals surface area contributed by atoms with Crippen LogP contribution in [0, 0.1) is 0 Å². The lowest BCUT2D eigenvalue weighted by Gasteiger charge is -2.25. The average molecular weight is 263 g/mol. The van der Waals surface area contributed by atoms with Gasteiger partial charge in [0.05, 0.1) is 11.8 Å². The molecule has 19 heavy (non-hydrogen) atoms. The Morgan fingerprint density at radius 1 is 1.42 bits per heavy atom. The predicted molar refractivity (Wildman–Crippen MR) is 74.4 cm³/mol. The van der Waals surface area contributed by atoms with Gasteiger partial charge in [-0.1, -0.05) is 12.1 Å². The van der Waals surface area contributed by atoms with Crippen LogP contribution in [0.5, 0.6) is 0 Å². The number of fused-ring (bicyclic) bond motifs is 1. The number of aliphatic hydroxyl groups is 1.